The average Bonchev–Trinajstić information content (AvgIpc) is 3.48. The number of amides is 1. The molecular weight excluding hydrogens is 508 g/mol. The van der Waals surface area contributed by atoms with Crippen LogP contribution in [0.15, 0.2) is 89.0 Å². The number of hydrogen-bond acceptors (Lipinski definition) is 7. The van der Waals surface area contributed by atoms with Gasteiger partial charge in [0, 0.05) is 16.7 Å². The van der Waals surface area contributed by atoms with E-state index in [2.05, 4.69) is 5.16 Å². The number of nitrogens with zero attached hydrogens (tertiary/aromatic N) is 2. The highest BCUT2D eigenvalue weighted by Gasteiger charge is 2.48. The molecule has 8 nitrogen and oxygen atoms in total. The zero-order valence-corrected chi connectivity index (χ0v) is 21.3. The van der Waals surface area contributed by atoms with Gasteiger partial charge in [-0.2, -0.15) is 0 Å². The Morgan fingerprint density at radius 1 is 1.03 bits per heavy atom. The van der Waals surface area contributed by atoms with Gasteiger partial charge in [-0.1, -0.05) is 53.2 Å². The summed E-state index contributed by atoms with van der Waals surface area (Å²) >= 11 is 6.00. The lowest BCUT2D eigenvalue weighted by Crippen LogP contribution is -2.29. The zero-order valence-electron chi connectivity index (χ0n) is 20.6. The predicted octanol–water partition coefficient (Wildman–Crippen LogP) is 5.85. The molecule has 1 aliphatic rings. The largest absolute Gasteiger partial charge is 0.507 e. The molecule has 5 rings (SSSR count). The maximum absolute atomic E-state index is 13.3. The number of aromatic nitrogens is 1. The molecule has 3 aromatic carbocycles. The van der Waals surface area contributed by atoms with Gasteiger partial charge in [0.1, 0.15) is 18.1 Å². The Morgan fingerprint density at radius 3 is 2.42 bits per heavy atom. The van der Waals surface area contributed by atoms with Gasteiger partial charge in [-0.3, -0.25) is 14.5 Å². The van der Waals surface area contributed by atoms with E-state index in [1.54, 1.807) is 55.5 Å². The van der Waals surface area contributed by atoms with Gasteiger partial charge >= 0.3 is 5.91 Å². The number of ether oxygens (including phenoxy) is 2. The molecule has 2 heterocycles. The topological polar surface area (TPSA) is 102 Å². The second kappa shape index (κ2) is 10.4. The number of Topliss-reactive ketones (excluding diaryl/α,β-unsaturated/α-hetero) is 1. The molecule has 1 N–H and O–H groups in total. The van der Waals surface area contributed by atoms with Crippen molar-refractivity contribution in [3.05, 3.63) is 112 Å². The second-order valence-electron chi connectivity index (χ2n) is 8.66. The minimum absolute atomic E-state index is 0.0991. The summed E-state index contributed by atoms with van der Waals surface area (Å²) in [6.07, 6.45) is 0. The van der Waals surface area contributed by atoms with Gasteiger partial charge in [0.05, 0.1) is 18.7 Å². The van der Waals surface area contributed by atoms with E-state index in [0.717, 1.165) is 5.56 Å². The number of aryl methyl sites for hydroxylation is 1. The van der Waals surface area contributed by atoms with Gasteiger partial charge in [-0.05, 0) is 54.4 Å². The van der Waals surface area contributed by atoms with Crippen LogP contribution in [0, 0.1) is 6.92 Å². The molecule has 9 heteroatoms. The van der Waals surface area contributed by atoms with Crippen LogP contribution in [0.25, 0.3) is 5.76 Å². The van der Waals surface area contributed by atoms with E-state index in [1.807, 2.05) is 30.3 Å². The van der Waals surface area contributed by atoms with E-state index < -0.39 is 17.7 Å². The number of aliphatic hydroxyl groups is 1. The van der Waals surface area contributed by atoms with Crippen LogP contribution in [-0.4, -0.2) is 29.1 Å². The van der Waals surface area contributed by atoms with E-state index in [0.29, 0.717) is 40.0 Å². The van der Waals surface area contributed by atoms with Crippen molar-refractivity contribution in [1.29, 1.82) is 0 Å². The van der Waals surface area contributed by atoms with Crippen molar-refractivity contribution < 1.29 is 28.7 Å². The van der Waals surface area contributed by atoms with Gasteiger partial charge < -0.3 is 19.1 Å². The highest BCUT2D eigenvalue weighted by molar-refractivity contribution is 6.51. The highest BCUT2D eigenvalue weighted by Crippen LogP contribution is 2.44. The van der Waals surface area contributed by atoms with E-state index in [1.165, 1.54) is 12.0 Å². The average molecular weight is 531 g/mol. The lowest BCUT2D eigenvalue weighted by atomic mass is 9.95. The zero-order chi connectivity index (χ0) is 26.8. The molecule has 1 amide bonds. The number of hydrogen-bond donors (Lipinski definition) is 1. The molecule has 0 bridgehead atoms. The second-order valence-corrected chi connectivity index (χ2v) is 9.09. The van der Waals surface area contributed by atoms with Crippen LogP contribution in [-0.2, 0) is 16.2 Å². The maximum Gasteiger partial charge on any atom is 0.301 e. The number of carbonyl (C=O) groups excluding carboxylic acids is 2. The number of halogens is 1. The Bertz CT molecular complexity index is 1530. The molecule has 38 heavy (non-hydrogen) atoms. The Hall–Kier alpha value is -4.56. The molecule has 4 aromatic rings. The summed E-state index contributed by atoms with van der Waals surface area (Å²) in [4.78, 5) is 27.8. The summed E-state index contributed by atoms with van der Waals surface area (Å²) in [6.45, 7) is 2.00. The van der Waals surface area contributed by atoms with Gasteiger partial charge in [0.2, 0.25) is 0 Å². The monoisotopic (exact) mass is 530 g/mol. The Kier molecular flexibility index (Phi) is 6.89. The van der Waals surface area contributed by atoms with Crippen LogP contribution in [0.1, 0.15) is 28.5 Å². The van der Waals surface area contributed by atoms with Crippen LogP contribution in [0.3, 0.4) is 0 Å². The Balaban J connectivity index is 1.60. The molecule has 1 saturated heterocycles. The number of ketones is 1. The van der Waals surface area contributed by atoms with Crippen molar-refractivity contribution in [3.63, 3.8) is 0 Å². The first-order valence-electron chi connectivity index (χ1n) is 11.7. The SMILES string of the molecule is COc1cc([C@H]2/C(=C(\O)c3ccc(Cl)cc3)C(=O)C(=O)N2c2cc(C)on2)ccc1OCc1ccccc1. The molecule has 0 aliphatic carbocycles. The van der Waals surface area contributed by atoms with Crippen molar-refractivity contribution in [3.8, 4) is 11.5 Å². The highest BCUT2D eigenvalue weighted by atomic mass is 35.5. The molecule has 0 saturated carbocycles. The number of rotatable bonds is 7. The van der Waals surface area contributed by atoms with Crippen LogP contribution in [0.4, 0.5) is 5.82 Å². The summed E-state index contributed by atoms with van der Waals surface area (Å²) in [6, 6.07) is 21.6. The summed E-state index contributed by atoms with van der Waals surface area (Å²) in [5.41, 5.74) is 1.72. The van der Waals surface area contributed by atoms with Crippen molar-refractivity contribution in [1.82, 2.24) is 5.16 Å². The molecule has 192 valence electrons. The van der Waals surface area contributed by atoms with Gasteiger partial charge in [0.25, 0.3) is 5.78 Å². The maximum atomic E-state index is 13.3. The number of benzene rings is 3. The lowest BCUT2D eigenvalue weighted by Gasteiger charge is -2.24. The van der Waals surface area contributed by atoms with E-state index in [-0.39, 0.29) is 17.2 Å². The van der Waals surface area contributed by atoms with Crippen molar-refractivity contribution in [2.45, 2.75) is 19.6 Å². The third-order valence-electron chi connectivity index (χ3n) is 6.17. The number of anilines is 1. The lowest BCUT2D eigenvalue weighted by molar-refractivity contribution is -0.132. The van der Waals surface area contributed by atoms with Crippen LogP contribution in [0.5, 0.6) is 11.5 Å². The molecule has 0 unspecified atom stereocenters. The first kappa shape index (κ1) is 25.1. The Morgan fingerprint density at radius 2 is 1.76 bits per heavy atom. The van der Waals surface area contributed by atoms with Crippen molar-refractivity contribution >= 4 is 34.9 Å². The fraction of sp³-hybridized carbons (Fsp3) is 0.138. The van der Waals surface area contributed by atoms with Crippen LogP contribution >= 0.6 is 11.6 Å². The number of aliphatic hydroxyl groups excluding tert-OH is 1. The van der Waals surface area contributed by atoms with Crippen molar-refractivity contribution in [2.75, 3.05) is 12.0 Å². The molecule has 1 aromatic heterocycles. The van der Waals surface area contributed by atoms with Gasteiger partial charge in [0.15, 0.2) is 17.3 Å². The molecule has 0 radical (unpaired) electrons. The summed E-state index contributed by atoms with van der Waals surface area (Å²) in [7, 11) is 1.50. The Labute approximate surface area is 223 Å². The summed E-state index contributed by atoms with van der Waals surface area (Å²) in [5.74, 6) is -0.558. The number of carbonyl (C=O) groups is 2. The molecular formula is C29H23ClN2O6. The molecule has 0 spiro atoms. The normalized spacial score (nSPS) is 16.6. The summed E-state index contributed by atoms with van der Waals surface area (Å²) in [5, 5.41) is 15.7. The first-order chi connectivity index (χ1) is 18.4. The van der Waals surface area contributed by atoms with Crippen molar-refractivity contribution in [2.24, 2.45) is 0 Å². The third kappa shape index (κ3) is 4.73. The van der Waals surface area contributed by atoms with E-state index in [4.69, 9.17) is 25.6 Å². The fourth-order valence-electron chi connectivity index (χ4n) is 4.32. The predicted molar refractivity (Wildman–Crippen MR) is 141 cm³/mol. The van der Waals surface area contributed by atoms with E-state index in [9.17, 15) is 14.7 Å². The molecule has 1 aliphatic heterocycles. The van der Waals surface area contributed by atoms with E-state index >= 15 is 0 Å². The first-order valence-corrected chi connectivity index (χ1v) is 12.1. The van der Waals surface area contributed by atoms with Crippen LogP contribution in [0.2, 0.25) is 5.02 Å². The molecule has 1 atom stereocenters. The van der Waals surface area contributed by atoms with Crippen LogP contribution < -0.4 is 14.4 Å². The van der Waals surface area contributed by atoms with Gasteiger partial charge in [-0.25, -0.2) is 0 Å². The van der Waals surface area contributed by atoms with Gasteiger partial charge in [-0.15, -0.1) is 0 Å². The fourth-order valence-corrected chi connectivity index (χ4v) is 4.45. The summed E-state index contributed by atoms with van der Waals surface area (Å²) < 4.78 is 16.7. The quantitative estimate of drug-likeness (QED) is 0.182. The minimum Gasteiger partial charge on any atom is -0.507 e. The standard InChI is InChI=1S/C29H23ClN2O6/c1-17-14-24(31-38-17)32-26(25(28(34)29(32)35)27(33)19-8-11-21(30)12-9-19)20-10-13-22(23(15-20)36-2)37-16-18-6-4-3-5-7-18/h3-15,26,33H,16H2,1-2H3/b27-25+/t26-/m0/s1. The smallest absolute Gasteiger partial charge is 0.301 e. The number of methoxy groups -OCH3 is 1. The third-order valence-corrected chi connectivity index (χ3v) is 6.42. The minimum atomic E-state index is -1.01. The molecule has 1 fully saturated rings.